The van der Waals surface area contributed by atoms with Gasteiger partial charge in [-0.05, 0) is 50.2 Å². The first kappa shape index (κ1) is 14.0. The number of halogens is 2. The van der Waals surface area contributed by atoms with Gasteiger partial charge in [0.15, 0.2) is 0 Å². The SMILES string of the molecule is CC(C)CCC1C=C(F)C=C(C(C)Br)CC1. The first-order chi connectivity index (χ1) is 7.49. The van der Waals surface area contributed by atoms with Crippen LogP contribution in [-0.4, -0.2) is 4.83 Å². The third-order valence-electron chi connectivity index (χ3n) is 3.15. The molecule has 0 aromatic rings. The van der Waals surface area contributed by atoms with Crippen LogP contribution >= 0.6 is 15.9 Å². The lowest BCUT2D eigenvalue weighted by molar-refractivity contribution is 0.457. The molecule has 1 aliphatic rings. The third-order valence-corrected chi connectivity index (χ3v) is 3.74. The van der Waals surface area contributed by atoms with Crippen molar-refractivity contribution >= 4 is 15.9 Å². The fourth-order valence-corrected chi connectivity index (χ4v) is 2.41. The van der Waals surface area contributed by atoms with Crippen LogP contribution in [0.4, 0.5) is 4.39 Å². The summed E-state index contributed by atoms with van der Waals surface area (Å²) in [6, 6.07) is 0. The van der Waals surface area contributed by atoms with Crippen molar-refractivity contribution in [2.45, 2.75) is 51.3 Å². The molecule has 1 aliphatic carbocycles. The summed E-state index contributed by atoms with van der Waals surface area (Å²) in [5.41, 5.74) is 1.18. The Bertz CT molecular complexity index is 276. The van der Waals surface area contributed by atoms with E-state index in [0.717, 1.165) is 19.3 Å². The summed E-state index contributed by atoms with van der Waals surface area (Å²) >= 11 is 3.52. The topological polar surface area (TPSA) is 0 Å². The van der Waals surface area contributed by atoms with Gasteiger partial charge in [0.05, 0.1) is 0 Å². The van der Waals surface area contributed by atoms with Gasteiger partial charge in [0.25, 0.3) is 0 Å². The maximum Gasteiger partial charge on any atom is 0.119 e. The molecule has 0 spiro atoms. The zero-order valence-electron chi connectivity index (χ0n) is 10.5. The highest BCUT2D eigenvalue weighted by molar-refractivity contribution is 9.09. The van der Waals surface area contributed by atoms with Crippen LogP contribution in [0, 0.1) is 11.8 Å². The minimum absolute atomic E-state index is 0.0486. The van der Waals surface area contributed by atoms with E-state index in [-0.39, 0.29) is 10.7 Å². The van der Waals surface area contributed by atoms with Crippen LogP contribution < -0.4 is 0 Å². The molecule has 0 heterocycles. The molecule has 0 fully saturated rings. The normalized spacial score (nSPS) is 23.8. The van der Waals surface area contributed by atoms with E-state index in [2.05, 4.69) is 36.7 Å². The molecule has 0 saturated carbocycles. The maximum atomic E-state index is 13.6. The first-order valence-electron chi connectivity index (χ1n) is 6.21. The molecule has 0 bridgehead atoms. The Kier molecular flexibility index (Phi) is 5.74. The van der Waals surface area contributed by atoms with Crippen molar-refractivity contribution in [2.75, 3.05) is 0 Å². The maximum absolute atomic E-state index is 13.6. The molecule has 0 aromatic carbocycles. The molecule has 2 heteroatoms. The Balaban J connectivity index is 2.55. The van der Waals surface area contributed by atoms with Gasteiger partial charge in [-0.3, -0.25) is 0 Å². The zero-order chi connectivity index (χ0) is 12.1. The molecule has 2 atom stereocenters. The van der Waals surface area contributed by atoms with Crippen LogP contribution in [0.3, 0.4) is 0 Å². The summed E-state index contributed by atoms with van der Waals surface area (Å²) in [6.45, 7) is 6.51. The lowest BCUT2D eigenvalue weighted by atomic mass is 9.93. The molecule has 2 unspecified atom stereocenters. The van der Waals surface area contributed by atoms with Crippen LogP contribution in [0.5, 0.6) is 0 Å². The molecule has 0 saturated heterocycles. The average Bonchev–Trinajstić information content (AvgIpc) is 2.36. The second kappa shape index (κ2) is 6.58. The van der Waals surface area contributed by atoms with Gasteiger partial charge >= 0.3 is 0 Å². The van der Waals surface area contributed by atoms with Crippen molar-refractivity contribution in [1.29, 1.82) is 0 Å². The largest absolute Gasteiger partial charge is 0.207 e. The molecule has 0 radical (unpaired) electrons. The second-order valence-electron chi connectivity index (χ2n) is 5.16. The Hall–Kier alpha value is -0.110. The summed E-state index contributed by atoms with van der Waals surface area (Å²) < 4.78 is 13.6. The summed E-state index contributed by atoms with van der Waals surface area (Å²) in [7, 11) is 0. The van der Waals surface area contributed by atoms with Gasteiger partial charge in [0, 0.05) is 4.83 Å². The zero-order valence-corrected chi connectivity index (χ0v) is 12.1. The van der Waals surface area contributed by atoms with Gasteiger partial charge in [-0.2, -0.15) is 0 Å². The highest BCUT2D eigenvalue weighted by atomic mass is 79.9. The van der Waals surface area contributed by atoms with E-state index in [0.29, 0.717) is 11.8 Å². The average molecular weight is 289 g/mol. The summed E-state index contributed by atoms with van der Waals surface area (Å²) in [4.78, 5) is 0.287. The van der Waals surface area contributed by atoms with Gasteiger partial charge in [-0.25, -0.2) is 4.39 Å². The lowest BCUT2D eigenvalue weighted by Gasteiger charge is -2.14. The van der Waals surface area contributed by atoms with Crippen LogP contribution in [0.25, 0.3) is 0 Å². The number of hydrogen-bond acceptors (Lipinski definition) is 0. The summed E-state index contributed by atoms with van der Waals surface area (Å²) in [5.74, 6) is 1.08. The van der Waals surface area contributed by atoms with E-state index in [1.54, 1.807) is 6.08 Å². The van der Waals surface area contributed by atoms with E-state index in [4.69, 9.17) is 0 Å². The summed E-state index contributed by atoms with van der Waals surface area (Å²) in [5, 5.41) is 0. The highest BCUT2D eigenvalue weighted by Gasteiger charge is 2.15. The molecular weight excluding hydrogens is 267 g/mol. The minimum atomic E-state index is -0.0486. The predicted molar refractivity (Wildman–Crippen MR) is 72.5 cm³/mol. The molecule has 0 nitrogen and oxygen atoms in total. The van der Waals surface area contributed by atoms with Gasteiger partial charge in [0.1, 0.15) is 5.83 Å². The number of alkyl halides is 1. The smallest absolute Gasteiger partial charge is 0.119 e. The Morgan fingerprint density at radius 1 is 1.44 bits per heavy atom. The van der Waals surface area contributed by atoms with Crippen molar-refractivity contribution in [3.8, 4) is 0 Å². The van der Waals surface area contributed by atoms with E-state index in [1.807, 2.05) is 6.08 Å². The summed E-state index contributed by atoms with van der Waals surface area (Å²) in [6.07, 6.45) is 7.91. The van der Waals surface area contributed by atoms with Crippen molar-refractivity contribution < 1.29 is 4.39 Å². The second-order valence-corrected chi connectivity index (χ2v) is 6.53. The lowest BCUT2D eigenvalue weighted by Crippen LogP contribution is -2.01. The quantitative estimate of drug-likeness (QED) is 0.608. The van der Waals surface area contributed by atoms with Crippen molar-refractivity contribution in [1.82, 2.24) is 0 Å². The molecule has 0 aliphatic heterocycles. The Morgan fingerprint density at radius 3 is 2.69 bits per heavy atom. The van der Waals surface area contributed by atoms with Crippen LogP contribution in [0.15, 0.2) is 23.6 Å². The van der Waals surface area contributed by atoms with Crippen molar-refractivity contribution in [3.63, 3.8) is 0 Å². The van der Waals surface area contributed by atoms with E-state index in [9.17, 15) is 4.39 Å². The monoisotopic (exact) mass is 288 g/mol. The molecule has 1 rings (SSSR count). The van der Waals surface area contributed by atoms with E-state index < -0.39 is 0 Å². The van der Waals surface area contributed by atoms with Crippen LogP contribution in [0.2, 0.25) is 0 Å². The fraction of sp³-hybridized carbons (Fsp3) is 0.714. The molecule has 0 amide bonds. The van der Waals surface area contributed by atoms with Crippen molar-refractivity contribution in [2.24, 2.45) is 11.8 Å². The minimum Gasteiger partial charge on any atom is -0.207 e. The number of rotatable bonds is 4. The number of allylic oxidation sites excluding steroid dienone is 4. The van der Waals surface area contributed by atoms with Crippen molar-refractivity contribution in [3.05, 3.63) is 23.6 Å². The highest BCUT2D eigenvalue weighted by Crippen LogP contribution is 2.29. The molecule has 92 valence electrons. The standard InChI is InChI=1S/C14H22BrF/c1-10(2)4-5-12-6-7-13(11(3)15)9-14(16)8-12/h8-12H,4-7H2,1-3H3. The number of hydrogen-bond donors (Lipinski definition) is 0. The molecule has 0 aromatic heterocycles. The molecular formula is C14H22BrF. The fourth-order valence-electron chi connectivity index (χ4n) is 2.05. The first-order valence-corrected chi connectivity index (χ1v) is 7.12. The van der Waals surface area contributed by atoms with Crippen LogP contribution in [0.1, 0.15) is 46.5 Å². The van der Waals surface area contributed by atoms with E-state index in [1.165, 1.54) is 12.0 Å². The third kappa shape index (κ3) is 4.82. The van der Waals surface area contributed by atoms with Gasteiger partial charge in [-0.15, -0.1) is 0 Å². The molecule has 16 heavy (non-hydrogen) atoms. The Labute approximate surface area is 107 Å². The van der Waals surface area contributed by atoms with E-state index >= 15 is 0 Å². The Morgan fingerprint density at radius 2 is 2.12 bits per heavy atom. The molecule has 0 N–H and O–H groups in total. The van der Waals surface area contributed by atoms with Gasteiger partial charge in [0.2, 0.25) is 0 Å². The van der Waals surface area contributed by atoms with Crippen LogP contribution in [-0.2, 0) is 0 Å². The van der Waals surface area contributed by atoms with Gasteiger partial charge < -0.3 is 0 Å². The predicted octanol–water partition coefficient (Wildman–Crippen LogP) is 5.40. The van der Waals surface area contributed by atoms with Gasteiger partial charge in [-0.1, -0.05) is 41.8 Å².